The first-order chi connectivity index (χ1) is 6.49. The Morgan fingerprint density at radius 1 is 1.64 bits per heavy atom. The van der Waals surface area contributed by atoms with Gasteiger partial charge in [-0.15, -0.1) is 0 Å². The third-order valence-electron chi connectivity index (χ3n) is 2.28. The highest BCUT2D eigenvalue weighted by Crippen LogP contribution is 2.31. The van der Waals surface area contributed by atoms with Crippen LogP contribution in [-0.2, 0) is 13.8 Å². The molecule has 1 unspecified atom stereocenters. The van der Waals surface area contributed by atoms with Crippen molar-refractivity contribution in [1.82, 2.24) is 0 Å². The summed E-state index contributed by atoms with van der Waals surface area (Å²) in [7, 11) is 3.09. The van der Waals surface area contributed by atoms with Crippen LogP contribution in [0, 0.1) is 5.92 Å². The predicted molar refractivity (Wildman–Crippen MR) is 56.3 cm³/mol. The predicted octanol–water partition coefficient (Wildman–Crippen LogP) is 2.40. The Morgan fingerprint density at radius 3 is 2.71 bits per heavy atom. The summed E-state index contributed by atoms with van der Waals surface area (Å²) in [5.74, 6) is 0.585. The molecule has 1 aliphatic rings. The minimum atomic E-state index is -3.65. The Balaban J connectivity index is 3.07. The molecule has 0 aliphatic heterocycles. The minimum Gasteiger partial charge on any atom is -0.496 e. The first-order valence-corrected chi connectivity index (χ1v) is 6.70. The number of hydrogen-bond acceptors (Lipinski definition) is 3. The maximum atomic E-state index is 11.2. The van der Waals surface area contributed by atoms with E-state index in [2.05, 4.69) is 0 Å². The van der Waals surface area contributed by atoms with Crippen molar-refractivity contribution in [2.45, 2.75) is 19.8 Å². The van der Waals surface area contributed by atoms with Crippen LogP contribution in [0.15, 0.2) is 22.8 Å². The number of methoxy groups -OCH3 is 1. The first-order valence-electron chi connectivity index (χ1n) is 4.39. The van der Waals surface area contributed by atoms with E-state index in [0.29, 0.717) is 12.2 Å². The smallest absolute Gasteiger partial charge is 0.261 e. The van der Waals surface area contributed by atoms with Crippen molar-refractivity contribution in [3.63, 3.8) is 0 Å². The van der Waals surface area contributed by atoms with Crippen LogP contribution in [-0.4, -0.2) is 15.5 Å². The molecule has 1 aliphatic carbocycles. The molecule has 1 rings (SSSR count). The van der Waals surface area contributed by atoms with E-state index in [9.17, 15) is 8.42 Å². The van der Waals surface area contributed by atoms with Crippen LogP contribution in [0.3, 0.4) is 0 Å². The Bertz CT molecular complexity index is 368. The second-order valence-electron chi connectivity index (χ2n) is 3.16. The lowest BCUT2D eigenvalue weighted by molar-refractivity contribution is 0.299. The number of halogens is 1. The Kier molecular flexibility index (Phi) is 3.61. The molecule has 3 nitrogen and oxygen atoms in total. The van der Waals surface area contributed by atoms with Gasteiger partial charge in [-0.05, 0) is 24.8 Å². The van der Waals surface area contributed by atoms with Crippen molar-refractivity contribution in [1.29, 1.82) is 0 Å². The van der Waals surface area contributed by atoms with Crippen LogP contribution >= 0.6 is 10.7 Å². The molecule has 0 heterocycles. The Morgan fingerprint density at radius 2 is 2.29 bits per heavy atom. The average Bonchev–Trinajstić information content (AvgIpc) is 2.15. The fraction of sp³-hybridized carbons (Fsp3) is 0.556. The molecule has 0 radical (unpaired) electrons. The highest BCUT2D eigenvalue weighted by atomic mass is 35.7. The normalized spacial score (nSPS) is 22.6. The molecule has 0 amide bonds. The van der Waals surface area contributed by atoms with Crippen LogP contribution in [0.5, 0.6) is 0 Å². The number of hydrogen-bond donors (Lipinski definition) is 0. The molecule has 5 heteroatoms. The minimum absolute atomic E-state index is 0.191. The van der Waals surface area contributed by atoms with Gasteiger partial charge in [0.2, 0.25) is 0 Å². The van der Waals surface area contributed by atoms with Crippen molar-refractivity contribution >= 4 is 19.7 Å². The second kappa shape index (κ2) is 4.36. The summed E-state index contributed by atoms with van der Waals surface area (Å²) in [6.07, 6.45) is 4.95. The molecule has 0 spiro atoms. The fourth-order valence-electron chi connectivity index (χ4n) is 1.41. The van der Waals surface area contributed by atoms with Gasteiger partial charge in [0, 0.05) is 10.7 Å². The van der Waals surface area contributed by atoms with E-state index in [0.717, 1.165) is 6.42 Å². The zero-order chi connectivity index (χ0) is 10.8. The van der Waals surface area contributed by atoms with Gasteiger partial charge in [-0.25, -0.2) is 8.42 Å². The zero-order valence-electron chi connectivity index (χ0n) is 8.16. The molecule has 0 aromatic rings. The molecule has 0 N–H and O–H groups in total. The SMILES string of the molecule is CCC1C=CC(OC)=C(S(=O)(=O)Cl)C1. The molecule has 14 heavy (non-hydrogen) atoms. The van der Waals surface area contributed by atoms with Gasteiger partial charge in [0.25, 0.3) is 9.05 Å². The standard InChI is InChI=1S/C9H13ClO3S/c1-3-7-4-5-8(13-2)9(6-7)14(10,11)12/h4-5,7H,3,6H2,1-2H3. The molecule has 0 aromatic heterocycles. The largest absolute Gasteiger partial charge is 0.496 e. The van der Waals surface area contributed by atoms with Gasteiger partial charge >= 0.3 is 0 Å². The maximum absolute atomic E-state index is 11.2. The van der Waals surface area contributed by atoms with Crippen molar-refractivity contribution in [3.8, 4) is 0 Å². The lowest BCUT2D eigenvalue weighted by Crippen LogP contribution is -2.10. The van der Waals surface area contributed by atoms with Gasteiger partial charge < -0.3 is 4.74 Å². The maximum Gasteiger partial charge on any atom is 0.261 e. The lowest BCUT2D eigenvalue weighted by Gasteiger charge is -2.18. The van der Waals surface area contributed by atoms with E-state index in [-0.39, 0.29) is 10.8 Å². The van der Waals surface area contributed by atoms with Crippen LogP contribution in [0.25, 0.3) is 0 Å². The summed E-state index contributed by atoms with van der Waals surface area (Å²) in [4.78, 5) is 0.191. The van der Waals surface area contributed by atoms with Crippen LogP contribution in [0.4, 0.5) is 0 Å². The average molecular weight is 237 g/mol. The van der Waals surface area contributed by atoms with E-state index >= 15 is 0 Å². The molecule has 0 bridgehead atoms. The molecular formula is C9H13ClO3S. The molecule has 0 saturated carbocycles. The van der Waals surface area contributed by atoms with E-state index in [1.165, 1.54) is 7.11 Å². The molecule has 0 saturated heterocycles. The summed E-state index contributed by atoms with van der Waals surface area (Å²) in [5.41, 5.74) is 0. The summed E-state index contributed by atoms with van der Waals surface area (Å²) < 4.78 is 27.4. The van der Waals surface area contributed by atoms with Crippen molar-refractivity contribution in [2.24, 2.45) is 5.92 Å². The van der Waals surface area contributed by atoms with Crippen molar-refractivity contribution < 1.29 is 13.2 Å². The van der Waals surface area contributed by atoms with Gasteiger partial charge in [-0.2, -0.15) is 0 Å². The number of rotatable bonds is 3. The molecule has 0 fully saturated rings. The summed E-state index contributed by atoms with van der Waals surface area (Å²) in [6.45, 7) is 2.01. The first kappa shape index (κ1) is 11.6. The Hall–Kier alpha value is -0.480. The quantitative estimate of drug-likeness (QED) is 0.707. The van der Waals surface area contributed by atoms with E-state index < -0.39 is 9.05 Å². The van der Waals surface area contributed by atoms with E-state index in [4.69, 9.17) is 15.4 Å². The van der Waals surface area contributed by atoms with Gasteiger partial charge in [0.15, 0.2) is 0 Å². The van der Waals surface area contributed by atoms with E-state index in [1.54, 1.807) is 6.08 Å². The van der Waals surface area contributed by atoms with Crippen LogP contribution < -0.4 is 0 Å². The molecule has 80 valence electrons. The third-order valence-corrected chi connectivity index (χ3v) is 3.80. The third kappa shape index (κ3) is 2.51. The summed E-state index contributed by atoms with van der Waals surface area (Å²) >= 11 is 0. The van der Waals surface area contributed by atoms with Crippen molar-refractivity contribution in [2.75, 3.05) is 7.11 Å². The topological polar surface area (TPSA) is 43.4 Å². The lowest BCUT2D eigenvalue weighted by atomic mass is 9.97. The fourth-order valence-corrected chi connectivity index (χ4v) is 2.63. The summed E-state index contributed by atoms with van der Waals surface area (Å²) in [5, 5.41) is 0. The molecule has 1 atom stereocenters. The second-order valence-corrected chi connectivity index (χ2v) is 5.75. The van der Waals surface area contributed by atoms with Crippen LogP contribution in [0.2, 0.25) is 0 Å². The van der Waals surface area contributed by atoms with Gasteiger partial charge in [-0.1, -0.05) is 13.0 Å². The van der Waals surface area contributed by atoms with Gasteiger partial charge in [-0.3, -0.25) is 0 Å². The zero-order valence-corrected chi connectivity index (χ0v) is 9.73. The highest BCUT2D eigenvalue weighted by Gasteiger charge is 2.25. The number of ether oxygens (including phenoxy) is 1. The monoisotopic (exact) mass is 236 g/mol. The van der Waals surface area contributed by atoms with Crippen molar-refractivity contribution in [3.05, 3.63) is 22.8 Å². The van der Waals surface area contributed by atoms with Crippen LogP contribution in [0.1, 0.15) is 19.8 Å². The Labute approximate surface area is 88.8 Å². The van der Waals surface area contributed by atoms with Gasteiger partial charge in [0.05, 0.1) is 7.11 Å². The number of allylic oxidation sites excluding steroid dienone is 3. The molecular weight excluding hydrogens is 224 g/mol. The summed E-state index contributed by atoms with van der Waals surface area (Å²) in [6, 6.07) is 0. The highest BCUT2D eigenvalue weighted by molar-refractivity contribution is 8.16. The van der Waals surface area contributed by atoms with E-state index in [1.807, 2.05) is 13.0 Å². The van der Waals surface area contributed by atoms with Gasteiger partial charge in [0.1, 0.15) is 10.7 Å². The molecule has 0 aromatic carbocycles.